The zero-order valence-corrected chi connectivity index (χ0v) is 13.9. The van der Waals surface area contributed by atoms with E-state index in [9.17, 15) is 0 Å². The summed E-state index contributed by atoms with van der Waals surface area (Å²) in [5, 5.41) is 4.39. The van der Waals surface area contributed by atoms with Crippen LogP contribution in [0.2, 0.25) is 0 Å². The van der Waals surface area contributed by atoms with Crippen LogP contribution in [0.5, 0.6) is 0 Å². The van der Waals surface area contributed by atoms with Gasteiger partial charge in [-0.1, -0.05) is 54.6 Å². The number of benzene rings is 3. The first-order chi connectivity index (χ1) is 10.4. The summed E-state index contributed by atoms with van der Waals surface area (Å²) < 4.78 is 0. The SMILES string of the molecule is CC[P+](c1ccccc1)(c1ccccc1)c1ccccc1.N. The van der Waals surface area contributed by atoms with Crippen LogP contribution >= 0.6 is 7.26 Å². The Morgan fingerprint density at radius 1 is 0.545 bits per heavy atom. The number of hydrogen-bond acceptors (Lipinski definition) is 1. The molecule has 0 fully saturated rings. The van der Waals surface area contributed by atoms with Gasteiger partial charge in [-0.05, 0) is 43.3 Å². The van der Waals surface area contributed by atoms with Gasteiger partial charge in [0, 0.05) is 0 Å². The molecule has 0 saturated heterocycles. The van der Waals surface area contributed by atoms with Crippen molar-refractivity contribution < 1.29 is 0 Å². The lowest BCUT2D eigenvalue weighted by atomic mass is 10.4. The Bertz CT molecular complexity index is 584. The third-order valence-electron chi connectivity index (χ3n) is 4.07. The fraction of sp³-hybridized carbons (Fsp3) is 0.100. The van der Waals surface area contributed by atoms with E-state index in [4.69, 9.17) is 0 Å². The molecule has 3 aromatic carbocycles. The molecule has 0 aliphatic rings. The molecule has 22 heavy (non-hydrogen) atoms. The summed E-state index contributed by atoms with van der Waals surface area (Å²) in [5.41, 5.74) is 0. The lowest BCUT2D eigenvalue weighted by Crippen LogP contribution is -2.32. The lowest BCUT2D eigenvalue weighted by molar-refractivity contribution is 1.48. The molecule has 3 N–H and O–H groups in total. The van der Waals surface area contributed by atoms with Gasteiger partial charge in [0.15, 0.2) is 0 Å². The van der Waals surface area contributed by atoms with Crippen molar-refractivity contribution in [3.63, 3.8) is 0 Å². The minimum atomic E-state index is -1.53. The molecule has 0 radical (unpaired) electrons. The first-order valence-electron chi connectivity index (χ1n) is 7.43. The van der Waals surface area contributed by atoms with Gasteiger partial charge in [-0.15, -0.1) is 0 Å². The van der Waals surface area contributed by atoms with E-state index in [2.05, 4.69) is 97.9 Å². The Kier molecular flexibility index (Phi) is 5.49. The van der Waals surface area contributed by atoms with Gasteiger partial charge in [0.05, 0.1) is 6.16 Å². The van der Waals surface area contributed by atoms with Gasteiger partial charge < -0.3 is 6.15 Å². The second kappa shape index (κ2) is 7.35. The highest BCUT2D eigenvalue weighted by atomic mass is 31.2. The maximum Gasteiger partial charge on any atom is 0.111 e. The van der Waals surface area contributed by atoms with E-state index in [-0.39, 0.29) is 6.15 Å². The average Bonchev–Trinajstić information content (AvgIpc) is 2.59. The van der Waals surface area contributed by atoms with Crippen LogP contribution in [0.15, 0.2) is 91.0 Å². The quantitative estimate of drug-likeness (QED) is 0.722. The molecule has 0 spiro atoms. The minimum Gasteiger partial charge on any atom is -0.344 e. The molecule has 0 aliphatic heterocycles. The maximum atomic E-state index is 2.32. The first-order valence-corrected chi connectivity index (χ1v) is 9.40. The van der Waals surface area contributed by atoms with E-state index < -0.39 is 7.26 Å². The van der Waals surface area contributed by atoms with E-state index in [0.717, 1.165) is 6.16 Å². The monoisotopic (exact) mass is 308 g/mol. The van der Waals surface area contributed by atoms with Crippen LogP contribution in [0.1, 0.15) is 6.92 Å². The Morgan fingerprint density at radius 2 is 0.818 bits per heavy atom. The number of rotatable bonds is 4. The average molecular weight is 308 g/mol. The van der Waals surface area contributed by atoms with Crippen LogP contribution in [-0.4, -0.2) is 6.16 Å². The van der Waals surface area contributed by atoms with Gasteiger partial charge in [0.2, 0.25) is 0 Å². The van der Waals surface area contributed by atoms with E-state index >= 15 is 0 Å². The summed E-state index contributed by atoms with van der Waals surface area (Å²) in [5.74, 6) is 0. The predicted molar refractivity (Wildman–Crippen MR) is 101 cm³/mol. The van der Waals surface area contributed by atoms with Crippen molar-refractivity contribution in [1.82, 2.24) is 6.15 Å². The minimum absolute atomic E-state index is 0. The fourth-order valence-electron chi connectivity index (χ4n) is 3.04. The van der Waals surface area contributed by atoms with Crippen LogP contribution in [0.25, 0.3) is 0 Å². The summed E-state index contributed by atoms with van der Waals surface area (Å²) in [6, 6.07) is 33.0. The summed E-state index contributed by atoms with van der Waals surface area (Å²) in [4.78, 5) is 0. The Labute approximate surface area is 133 Å². The Morgan fingerprint density at radius 3 is 1.05 bits per heavy atom. The van der Waals surface area contributed by atoms with Crippen LogP contribution in [0.4, 0.5) is 0 Å². The highest BCUT2D eigenvalue weighted by Crippen LogP contribution is 2.54. The second-order valence-electron chi connectivity index (χ2n) is 5.13. The maximum absolute atomic E-state index is 2.32. The van der Waals surface area contributed by atoms with Crippen molar-refractivity contribution in [2.45, 2.75) is 6.92 Å². The van der Waals surface area contributed by atoms with Gasteiger partial charge in [-0.25, -0.2) is 0 Å². The highest BCUT2D eigenvalue weighted by molar-refractivity contribution is 7.95. The standard InChI is InChI=1S/C20H20P.H3N/c1-2-21(18-12-6-3-7-13-18,19-14-8-4-9-15-19)20-16-10-5-11-17-20;/h3-17H,2H2,1H3;1H3/q+1;. The van der Waals surface area contributed by atoms with Gasteiger partial charge >= 0.3 is 0 Å². The molecule has 1 nitrogen and oxygen atoms in total. The van der Waals surface area contributed by atoms with Crippen molar-refractivity contribution in [1.29, 1.82) is 0 Å². The molecular weight excluding hydrogens is 285 g/mol. The van der Waals surface area contributed by atoms with Crippen LogP contribution < -0.4 is 22.1 Å². The molecule has 3 rings (SSSR count). The largest absolute Gasteiger partial charge is 0.344 e. The fourth-order valence-corrected chi connectivity index (χ4v) is 7.08. The smallest absolute Gasteiger partial charge is 0.111 e. The molecule has 0 aromatic heterocycles. The molecular formula is C20H23NP+. The molecule has 3 aromatic rings. The topological polar surface area (TPSA) is 35.0 Å². The van der Waals surface area contributed by atoms with Crippen LogP contribution in [0, 0.1) is 0 Å². The van der Waals surface area contributed by atoms with Gasteiger partial charge in [0.1, 0.15) is 23.2 Å². The van der Waals surface area contributed by atoms with Crippen LogP contribution in [-0.2, 0) is 0 Å². The Hall–Kier alpha value is -1.95. The second-order valence-corrected chi connectivity index (χ2v) is 8.93. The predicted octanol–water partition coefficient (Wildman–Crippen LogP) is 4.16. The lowest BCUT2D eigenvalue weighted by Gasteiger charge is -2.26. The van der Waals surface area contributed by atoms with E-state index in [0.29, 0.717) is 0 Å². The van der Waals surface area contributed by atoms with Crippen molar-refractivity contribution >= 4 is 23.2 Å². The van der Waals surface area contributed by atoms with E-state index in [1.165, 1.54) is 15.9 Å². The molecule has 0 saturated carbocycles. The summed E-state index contributed by atoms with van der Waals surface area (Å²) in [6.07, 6.45) is 1.14. The van der Waals surface area contributed by atoms with Gasteiger partial charge in [-0.3, -0.25) is 0 Å². The van der Waals surface area contributed by atoms with Crippen molar-refractivity contribution in [2.75, 3.05) is 6.16 Å². The molecule has 0 bridgehead atoms. The summed E-state index contributed by atoms with van der Waals surface area (Å²) in [7, 11) is -1.53. The molecule has 112 valence electrons. The molecule has 0 amide bonds. The van der Waals surface area contributed by atoms with E-state index in [1.54, 1.807) is 0 Å². The van der Waals surface area contributed by atoms with Crippen molar-refractivity contribution in [3.05, 3.63) is 91.0 Å². The first kappa shape index (κ1) is 16.4. The Balaban J connectivity index is 0.00000176. The molecule has 0 aliphatic carbocycles. The third kappa shape index (κ3) is 2.83. The van der Waals surface area contributed by atoms with Gasteiger partial charge in [0.25, 0.3) is 0 Å². The van der Waals surface area contributed by atoms with Crippen molar-refractivity contribution in [3.8, 4) is 0 Å². The molecule has 0 atom stereocenters. The zero-order chi connectivity index (χ0) is 14.5. The highest BCUT2D eigenvalue weighted by Gasteiger charge is 2.43. The van der Waals surface area contributed by atoms with Crippen LogP contribution in [0.3, 0.4) is 0 Å². The molecule has 0 heterocycles. The normalized spacial score (nSPS) is 10.8. The van der Waals surface area contributed by atoms with Crippen molar-refractivity contribution in [2.24, 2.45) is 0 Å². The summed E-state index contributed by atoms with van der Waals surface area (Å²) in [6.45, 7) is 2.32. The molecule has 0 unspecified atom stereocenters. The zero-order valence-electron chi connectivity index (χ0n) is 13.0. The van der Waals surface area contributed by atoms with Gasteiger partial charge in [-0.2, -0.15) is 0 Å². The molecule has 2 heteroatoms. The van der Waals surface area contributed by atoms with E-state index in [1.807, 2.05) is 0 Å². The summed E-state index contributed by atoms with van der Waals surface area (Å²) >= 11 is 0. The number of hydrogen-bond donors (Lipinski definition) is 1. The third-order valence-corrected chi connectivity index (χ3v) is 8.55.